The number of aromatic nitrogens is 2. The van der Waals surface area contributed by atoms with E-state index in [0.717, 1.165) is 36.7 Å². The number of hydrogen-bond donors (Lipinski definition) is 1. The molecule has 27 heavy (non-hydrogen) atoms. The number of carbonyl (C=O) groups is 1. The van der Waals surface area contributed by atoms with Crippen LogP contribution in [0.5, 0.6) is 0 Å². The first kappa shape index (κ1) is 17.8. The van der Waals surface area contributed by atoms with Gasteiger partial charge in [-0.05, 0) is 23.6 Å². The molecule has 0 bridgehead atoms. The van der Waals surface area contributed by atoms with Gasteiger partial charge in [0.15, 0.2) is 0 Å². The highest BCUT2D eigenvalue weighted by Crippen LogP contribution is 2.21. The minimum Gasteiger partial charge on any atom is -0.338 e. The Hall–Kier alpha value is -2.55. The maximum Gasteiger partial charge on any atom is 0.241 e. The molecule has 7 nitrogen and oxygen atoms in total. The van der Waals surface area contributed by atoms with E-state index in [-0.39, 0.29) is 5.91 Å². The molecule has 0 radical (unpaired) electrons. The lowest BCUT2D eigenvalue weighted by Crippen LogP contribution is -2.48. The second-order valence-electron chi connectivity index (χ2n) is 6.46. The molecule has 4 rings (SSSR count). The van der Waals surface area contributed by atoms with Crippen LogP contribution in [-0.2, 0) is 11.3 Å². The van der Waals surface area contributed by atoms with Crippen LogP contribution in [0.4, 0.5) is 5.69 Å². The Morgan fingerprint density at radius 3 is 2.59 bits per heavy atom. The van der Waals surface area contributed by atoms with Crippen LogP contribution in [0.3, 0.4) is 0 Å². The van der Waals surface area contributed by atoms with E-state index < -0.39 is 0 Å². The molecule has 1 amide bonds. The molecule has 1 aliphatic rings. The van der Waals surface area contributed by atoms with Crippen LogP contribution in [0, 0.1) is 0 Å². The summed E-state index contributed by atoms with van der Waals surface area (Å²) in [4.78, 5) is 22.1. The van der Waals surface area contributed by atoms with E-state index >= 15 is 0 Å². The summed E-state index contributed by atoms with van der Waals surface area (Å²) in [5.41, 5.74) is 0.832. The van der Waals surface area contributed by atoms with E-state index in [1.54, 1.807) is 11.3 Å². The van der Waals surface area contributed by atoms with Crippen molar-refractivity contribution in [3.63, 3.8) is 0 Å². The van der Waals surface area contributed by atoms with Crippen molar-refractivity contribution in [2.45, 2.75) is 6.54 Å². The van der Waals surface area contributed by atoms with Crippen molar-refractivity contribution in [3.05, 3.63) is 53.7 Å². The third kappa shape index (κ3) is 4.79. The molecule has 3 aromatic rings. The lowest BCUT2D eigenvalue weighted by atomic mass is 10.3. The predicted molar refractivity (Wildman–Crippen MR) is 104 cm³/mol. The van der Waals surface area contributed by atoms with E-state index in [9.17, 15) is 4.79 Å². The summed E-state index contributed by atoms with van der Waals surface area (Å²) < 4.78 is 5.38. The number of para-hydroxylation sites is 1. The Bertz CT molecular complexity index is 857. The van der Waals surface area contributed by atoms with Gasteiger partial charge in [-0.2, -0.15) is 4.98 Å². The van der Waals surface area contributed by atoms with E-state index in [1.165, 1.54) is 0 Å². The number of amides is 1. The van der Waals surface area contributed by atoms with E-state index in [1.807, 2.05) is 47.8 Å². The molecule has 1 saturated heterocycles. The number of thiophene rings is 1. The van der Waals surface area contributed by atoms with Gasteiger partial charge < -0.3 is 9.84 Å². The number of hydrogen-bond acceptors (Lipinski definition) is 7. The van der Waals surface area contributed by atoms with Crippen LogP contribution >= 0.6 is 11.3 Å². The SMILES string of the molecule is O=C(CN1CCN(Cc2nc(-c3cccs3)no2)CC1)Nc1ccccc1. The maximum atomic E-state index is 12.2. The van der Waals surface area contributed by atoms with Gasteiger partial charge in [0.05, 0.1) is 18.0 Å². The highest BCUT2D eigenvalue weighted by atomic mass is 32.1. The van der Waals surface area contributed by atoms with Crippen LogP contribution in [0.1, 0.15) is 5.89 Å². The normalized spacial score (nSPS) is 15.7. The first-order chi connectivity index (χ1) is 13.3. The molecule has 0 unspecified atom stereocenters. The fourth-order valence-electron chi connectivity index (χ4n) is 3.05. The molecule has 140 valence electrons. The molecule has 1 aromatic carbocycles. The van der Waals surface area contributed by atoms with E-state index in [2.05, 4.69) is 25.3 Å². The van der Waals surface area contributed by atoms with Gasteiger partial charge in [0.2, 0.25) is 17.6 Å². The van der Waals surface area contributed by atoms with Crippen molar-refractivity contribution in [2.75, 3.05) is 38.0 Å². The minimum atomic E-state index is 0.0205. The predicted octanol–water partition coefficient (Wildman–Crippen LogP) is 2.55. The molecule has 1 N–H and O–H groups in total. The number of anilines is 1. The van der Waals surface area contributed by atoms with Crippen LogP contribution in [0.15, 0.2) is 52.4 Å². The number of piperazine rings is 1. The average molecular weight is 383 g/mol. The molecule has 2 aromatic heterocycles. The first-order valence-corrected chi connectivity index (χ1v) is 9.80. The van der Waals surface area contributed by atoms with Gasteiger partial charge >= 0.3 is 0 Å². The fraction of sp³-hybridized carbons (Fsp3) is 0.316. The Kier molecular flexibility index (Phi) is 5.57. The summed E-state index contributed by atoms with van der Waals surface area (Å²) in [6.45, 7) is 4.47. The zero-order chi connectivity index (χ0) is 18.5. The minimum absolute atomic E-state index is 0.0205. The molecule has 3 heterocycles. The number of rotatable bonds is 6. The largest absolute Gasteiger partial charge is 0.338 e. The summed E-state index contributed by atoms with van der Waals surface area (Å²) >= 11 is 1.60. The van der Waals surface area contributed by atoms with Gasteiger partial charge in [-0.1, -0.05) is 29.4 Å². The van der Waals surface area contributed by atoms with Gasteiger partial charge in [0.25, 0.3) is 0 Å². The topological polar surface area (TPSA) is 74.5 Å². The van der Waals surface area contributed by atoms with Crippen molar-refractivity contribution >= 4 is 22.9 Å². The zero-order valence-electron chi connectivity index (χ0n) is 14.9. The van der Waals surface area contributed by atoms with Gasteiger partial charge in [0, 0.05) is 31.9 Å². The maximum absolute atomic E-state index is 12.2. The summed E-state index contributed by atoms with van der Waals surface area (Å²) in [6, 6.07) is 13.5. The summed E-state index contributed by atoms with van der Waals surface area (Å²) in [5, 5.41) is 8.98. The van der Waals surface area contributed by atoms with Crippen LogP contribution in [-0.4, -0.2) is 58.6 Å². The fourth-order valence-corrected chi connectivity index (χ4v) is 3.70. The molecule has 8 heteroatoms. The van der Waals surface area contributed by atoms with Crippen molar-refractivity contribution in [2.24, 2.45) is 0 Å². The molecule has 0 aliphatic carbocycles. The molecular weight excluding hydrogens is 362 g/mol. The van der Waals surface area contributed by atoms with Gasteiger partial charge in [0.1, 0.15) is 0 Å². The molecule has 0 saturated carbocycles. The zero-order valence-corrected chi connectivity index (χ0v) is 15.7. The smallest absolute Gasteiger partial charge is 0.241 e. The standard InChI is InChI=1S/C19H21N5O2S/c25-17(20-15-5-2-1-3-6-15)13-23-8-10-24(11-9-23)14-18-21-19(22-26-18)16-7-4-12-27-16/h1-7,12H,8-11,13-14H2,(H,20,25). The first-order valence-electron chi connectivity index (χ1n) is 8.92. The quantitative estimate of drug-likeness (QED) is 0.705. The monoisotopic (exact) mass is 383 g/mol. The highest BCUT2D eigenvalue weighted by molar-refractivity contribution is 7.13. The molecule has 1 fully saturated rings. The molecular formula is C19H21N5O2S. The molecule has 1 aliphatic heterocycles. The van der Waals surface area contributed by atoms with Crippen molar-refractivity contribution in [3.8, 4) is 10.7 Å². The van der Waals surface area contributed by atoms with E-state index in [0.29, 0.717) is 24.8 Å². The second-order valence-corrected chi connectivity index (χ2v) is 7.40. The number of carbonyl (C=O) groups excluding carboxylic acids is 1. The van der Waals surface area contributed by atoms with Crippen molar-refractivity contribution < 1.29 is 9.32 Å². The summed E-state index contributed by atoms with van der Waals surface area (Å²) in [7, 11) is 0. The Morgan fingerprint density at radius 1 is 1.07 bits per heavy atom. The van der Waals surface area contributed by atoms with E-state index in [4.69, 9.17) is 4.52 Å². The number of benzene rings is 1. The number of nitrogens with zero attached hydrogens (tertiary/aromatic N) is 4. The highest BCUT2D eigenvalue weighted by Gasteiger charge is 2.21. The van der Waals surface area contributed by atoms with Gasteiger partial charge in [-0.3, -0.25) is 14.6 Å². The summed E-state index contributed by atoms with van der Waals surface area (Å²) in [6.07, 6.45) is 0. The second kappa shape index (κ2) is 8.43. The van der Waals surface area contributed by atoms with Gasteiger partial charge in [-0.25, -0.2) is 0 Å². The third-order valence-electron chi connectivity index (χ3n) is 4.46. The summed E-state index contributed by atoms with van der Waals surface area (Å²) in [5.74, 6) is 1.30. The van der Waals surface area contributed by atoms with Crippen molar-refractivity contribution in [1.29, 1.82) is 0 Å². The molecule has 0 atom stereocenters. The van der Waals surface area contributed by atoms with Gasteiger partial charge in [-0.15, -0.1) is 11.3 Å². The lowest BCUT2D eigenvalue weighted by Gasteiger charge is -2.33. The number of nitrogens with one attached hydrogen (secondary N) is 1. The van der Waals surface area contributed by atoms with Crippen LogP contribution in [0.25, 0.3) is 10.7 Å². The molecule has 0 spiro atoms. The Balaban J connectivity index is 1.23. The average Bonchev–Trinajstić information content (AvgIpc) is 3.36. The third-order valence-corrected chi connectivity index (χ3v) is 5.32. The van der Waals surface area contributed by atoms with Crippen LogP contribution in [0.2, 0.25) is 0 Å². The Morgan fingerprint density at radius 2 is 1.85 bits per heavy atom. The Labute approximate surface area is 161 Å². The van der Waals surface area contributed by atoms with Crippen molar-refractivity contribution in [1.82, 2.24) is 19.9 Å². The van der Waals surface area contributed by atoms with Crippen LogP contribution < -0.4 is 5.32 Å². The lowest BCUT2D eigenvalue weighted by molar-refractivity contribution is -0.117.